The molecule has 0 aromatic carbocycles. The van der Waals surface area contributed by atoms with Gasteiger partial charge in [0, 0.05) is 40.6 Å². The average molecular weight is 527 g/mol. The van der Waals surface area contributed by atoms with Crippen LogP contribution in [0.5, 0.6) is 0 Å². The first-order valence-electron chi connectivity index (χ1n) is 11.2. The molecule has 2 unspecified atom stereocenters. The molecule has 11 nitrogen and oxygen atoms in total. The maximum absolute atomic E-state index is 13.1. The molecule has 13 heteroatoms. The van der Waals surface area contributed by atoms with Crippen molar-refractivity contribution < 1.29 is 28.9 Å². The quantitative estimate of drug-likeness (QED) is 0.158. The molecule has 4 heterocycles. The number of nitrogens with two attached hydrogens (primary N) is 1. The fourth-order valence-electron chi connectivity index (χ4n) is 4.00. The summed E-state index contributed by atoms with van der Waals surface area (Å²) in [6.07, 6.45) is 10.4. The number of aromatic carboxylic acids is 1. The first-order valence-corrected chi connectivity index (χ1v) is 13.1. The second-order valence-electron chi connectivity index (χ2n) is 8.39. The topological polar surface area (TPSA) is 154 Å². The molecule has 3 aliphatic rings. The number of carboxylic acid groups (broad SMARTS) is 1. The third-order valence-corrected chi connectivity index (χ3v) is 7.92. The Balaban J connectivity index is 1.24. The zero-order chi connectivity index (χ0) is 25.2. The van der Waals surface area contributed by atoms with Crippen molar-refractivity contribution in [3.05, 3.63) is 65.1 Å². The summed E-state index contributed by atoms with van der Waals surface area (Å²) in [5.41, 5.74) is 7.09. The van der Waals surface area contributed by atoms with E-state index in [0.29, 0.717) is 23.1 Å². The Morgan fingerprint density at radius 2 is 2.17 bits per heavy atom. The summed E-state index contributed by atoms with van der Waals surface area (Å²) >= 11 is 2.72. The molecule has 3 N–H and O–H groups in total. The summed E-state index contributed by atoms with van der Waals surface area (Å²) in [5, 5.41) is 19.4. The molecule has 2 aliphatic heterocycles. The van der Waals surface area contributed by atoms with Gasteiger partial charge in [-0.05, 0) is 18.9 Å². The van der Waals surface area contributed by atoms with Crippen molar-refractivity contribution in [2.24, 2.45) is 5.16 Å². The second-order valence-corrected chi connectivity index (χ2v) is 10.4. The van der Waals surface area contributed by atoms with Crippen LogP contribution < -0.4 is 20.7 Å². The molecule has 0 bridgehead atoms. The van der Waals surface area contributed by atoms with E-state index in [9.17, 15) is 19.5 Å². The minimum absolute atomic E-state index is 0.0250. The number of rotatable bonds is 8. The number of fused-ring (bicyclic) bond motifs is 1. The van der Waals surface area contributed by atoms with Gasteiger partial charge in [0.2, 0.25) is 0 Å². The number of hydrogen-bond donors (Lipinski definition) is 2. The van der Waals surface area contributed by atoms with Crippen molar-refractivity contribution in [1.82, 2.24) is 15.2 Å². The fraction of sp³-hybridized carbons (Fsp3) is 0.304. The van der Waals surface area contributed by atoms with Gasteiger partial charge in [0.05, 0.1) is 5.97 Å². The molecule has 2 aromatic heterocycles. The Bertz CT molecular complexity index is 1290. The number of oxime groups is 1. The molecular formula is C23H22N6O5S2. The average Bonchev–Trinajstić information content (AvgIpc) is 3.55. The number of anilines is 1. The van der Waals surface area contributed by atoms with Crippen LogP contribution in [-0.4, -0.2) is 56.7 Å². The van der Waals surface area contributed by atoms with E-state index >= 15 is 0 Å². The van der Waals surface area contributed by atoms with Crippen LogP contribution in [0.25, 0.3) is 0 Å². The number of thiazole rings is 1. The number of nitrogens with zero attached hydrogens (tertiary/aromatic N) is 4. The normalized spacial score (nSPS) is 23.1. The summed E-state index contributed by atoms with van der Waals surface area (Å²) in [4.78, 5) is 48.1. The van der Waals surface area contributed by atoms with Crippen molar-refractivity contribution >= 4 is 51.7 Å². The van der Waals surface area contributed by atoms with E-state index in [0.717, 1.165) is 18.4 Å². The lowest BCUT2D eigenvalue weighted by Crippen LogP contribution is -2.69. The minimum Gasteiger partial charge on any atom is -0.545 e. The Morgan fingerprint density at radius 3 is 2.83 bits per heavy atom. The second kappa shape index (κ2) is 10.1. The van der Waals surface area contributed by atoms with E-state index in [1.54, 1.807) is 28.9 Å². The Hall–Kier alpha value is -3.71. The van der Waals surface area contributed by atoms with Gasteiger partial charge in [-0.15, -0.1) is 23.1 Å². The predicted octanol–water partition coefficient (Wildman–Crippen LogP) is -0.200. The number of hydrogen-bond acceptors (Lipinski definition) is 10. The maximum atomic E-state index is 13.1. The van der Waals surface area contributed by atoms with Crippen LogP contribution in [-0.2, 0) is 21.0 Å². The highest BCUT2D eigenvalue weighted by atomic mass is 32.2. The molecule has 0 spiro atoms. The van der Waals surface area contributed by atoms with Crippen molar-refractivity contribution in [1.29, 1.82) is 0 Å². The summed E-state index contributed by atoms with van der Waals surface area (Å²) in [5.74, 6) is -1.37. The maximum Gasteiger partial charge on any atom is 0.276 e. The zero-order valence-corrected chi connectivity index (χ0v) is 20.5. The van der Waals surface area contributed by atoms with Crippen LogP contribution in [0.1, 0.15) is 28.9 Å². The van der Waals surface area contributed by atoms with Gasteiger partial charge in [0.1, 0.15) is 23.2 Å². The molecule has 1 aliphatic carbocycles. The van der Waals surface area contributed by atoms with Crippen molar-refractivity contribution in [2.45, 2.75) is 36.9 Å². The van der Waals surface area contributed by atoms with Gasteiger partial charge in [-0.25, -0.2) is 9.55 Å². The molecule has 2 amide bonds. The van der Waals surface area contributed by atoms with E-state index < -0.39 is 17.9 Å². The van der Waals surface area contributed by atoms with Crippen LogP contribution in [0.4, 0.5) is 5.13 Å². The van der Waals surface area contributed by atoms with Gasteiger partial charge in [0.15, 0.2) is 29.8 Å². The number of nitrogen functional groups attached to an aromatic ring is 1. The van der Waals surface area contributed by atoms with Crippen LogP contribution in [0.15, 0.2) is 59.0 Å². The first kappa shape index (κ1) is 24.0. The van der Waals surface area contributed by atoms with Gasteiger partial charge in [-0.3, -0.25) is 9.59 Å². The van der Waals surface area contributed by atoms with Crippen LogP contribution in [0, 0.1) is 0 Å². The molecule has 1 fully saturated rings. The van der Waals surface area contributed by atoms with E-state index in [1.165, 1.54) is 35.2 Å². The van der Waals surface area contributed by atoms with E-state index in [4.69, 9.17) is 10.6 Å². The highest BCUT2D eigenvalue weighted by molar-refractivity contribution is 8.00. The number of aromatic nitrogens is 2. The molecule has 0 radical (unpaired) electrons. The number of carbonyl (C=O) groups is 3. The fourth-order valence-corrected chi connectivity index (χ4v) is 5.80. The zero-order valence-electron chi connectivity index (χ0n) is 18.9. The van der Waals surface area contributed by atoms with Gasteiger partial charge >= 0.3 is 0 Å². The molecule has 3 atom stereocenters. The molecule has 0 saturated carbocycles. The summed E-state index contributed by atoms with van der Waals surface area (Å²) < 4.78 is 1.82. The lowest BCUT2D eigenvalue weighted by Gasteiger charge is -2.47. The summed E-state index contributed by atoms with van der Waals surface area (Å²) in [6, 6.07) is 2.23. The standard InChI is InChI=1S/C23H22N6O5S2/c24-23-25-16(12-36-23)17(27-34-15-3-1-2-4-15)19(30)26-18-20(31)29-10-13(11-35-21(18)29)9-28-7-5-14(6-8-28)22(32)33/h1,3,5-8,10,12,15,18,21H,2,4,9,11H2,(H3-,24,25,26,30,32,33)/t15?,18?,21-/m1/s1. The van der Waals surface area contributed by atoms with Crippen molar-refractivity contribution in [3.8, 4) is 0 Å². The molecule has 36 heavy (non-hydrogen) atoms. The van der Waals surface area contributed by atoms with Gasteiger partial charge in [-0.2, -0.15) is 0 Å². The third kappa shape index (κ3) is 4.97. The largest absolute Gasteiger partial charge is 0.545 e. The Labute approximate surface area is 214 Å². The SMILES string of the molecule is Nc1nc(C(=NOC2C=CCC2)C(=O)NC2C(=O)N3C=C(C[n+]4ccc(C(=O)[O-])cc4)CS[C@H]23)cs1. The summed E-state index contributed by atoms with van der Waals surface area (Å²) in [7, 11) is 0. The first-order chi connectivity index (χ1) is 17.4. The number of pyridine rings is 1. The van der Waals surface area contributed by atoms with Crippen LogP contribution in [0.3, 0.4) is 0 Å². The molecule has 5 rings (SSSR count). The third-order valence-electron chi connectivity index (χ3n) is 5.87. The van der Waals surface area contributed by atoms with E-state index in [-0.39, 0.29) is 28.7 Å². The lowest BCUT2D eigenvalue weighted by molar-refractivity contribution is -0.689. The number of carbonyl (C=O) groups excluding carboxylic acids is 3. The number of thioether (sulfide) groups is 1. The van der Waals surface area contributed by atoms with Crippen LogP contribution >= 0.6 is 23.1 Å². The highest BCUT2D eigenvalue weighted by Crippen LogP contribution is 2.36. The van der Waals surface area contributed by atoms with Crippen molar-refractivity contribution in [3.63, 3.8) is 0 Å². The minimum atomic E-state index is -1.23. The number of β-lactam (4-membered cyclic amide) rings is 1. The smallest absolute Gasteiger partial charge is 0.276 e. The highest BCUT2D eigenvalue weighted by Gasteiger charge is 2.50. The molecule has 186 valence electrons. The molecular weight excluding hydrogens is 504 g/mol. The number of amides is 2. The Kier molecular flexibility index (Phi) is 6.74. The number of allylic oxidation sites excluding steroid dienone is 1. The molecule has 1 saturated heterocycles. The van der Waals surface area contributed by atoms with Gasteiger partial charge in [-0.1, -0.05) is 11.2 Å². The molecule has 2 aromatic rings. The van der Waals surface area contributed by atoms with Gasteiger partial charge in [0.25, 0.3) is 11.8 Å². The number of carboxylic acids is 1. The monoisotopic (exact) mass is 526 g/mol. The lowest BCUT2D eigenvalue weighted by atomic mass is 10.1. The van der Waals surface area contributed by atoms with E-state index in [2.05, 4.69) is 15.5 Å². The predicted molar refractivity (Wildman–Crippen MR) is 130 cm³/mol. The number of nitrogens with one attached hydrogen (secondary N) is 1. The van der Waals surface area contributed by atoms with Gasteiger partial charge < -0.3 is 30.7 Å². The van der Waals surface area contributed by atoms with E-state index in [1.807, 2.05) is 16.7 Å². The van der Waals surface area contributed by atoms with Crippen LogP contribution in [0.2, 0.25) is 0 Å². The Morgan fingerprint density at radius 1 is 1.36 bits per heavy atom. The summed E-state index contributed by atoms with van der Waals surface area (Å²) in [6.45, 7) is 0.503. The van der Waals surface area contributed by atoms with Crippen molar-refractivity contribution in [2.75, 3.05) is 11.5 Å².